The van der Waals surface area contributed by atoms with Gasteiger partial charge in [0, 0.05) is 5.69 Å². The lowest BCUT2D eigenvalue weighted by Gasteiger charge is -2.21. The number of amides is 3. The van der Waals surface area contributed by atoms with E-state index in [0.717, 1.165) is 10.5 Å². The number of rotatable bonds is 5. The number of nitrogens with zero attached hydrogens (tertiary/aromatic N) is 1. The van der Waals surface area contributed by atoms with Gasteiger partial charge in [-0.3, -0.25) is 14.5 Å². The average molecular weight is 265 g/mol. The Kier molecular flexibility index (Phi) is 4.87. The van der Waals surface area contributed by atoms with Crippen molar-refractivity contribution in [3.8, 4) is 0 Å². The first-order valence-electron chi connectivity index (χ1n) is 5.52. The Morgan fingerprint density at radius 1 is 1.26 bits per heavy atom. The van der Waals surface area contributed by atoms with Crippen molar-refractivity contribution in [2.75, 3.05) is 18.0 Å². The number of hydrogen-bond acceptors (Lipinski definition) is 3. The number of carbonyl (C=O) groups excluding carboxylic acids is 2. The molecule has 0 bridgehead atoms. The van der Waals surface area contributed by atoms with E-state index < -0.39 is 24.5 Å². The maximum atomic E-state index is 11.8. The molecule has 0 unspecified atom stereocenters. The molecule has 0 radical (unpaired) electrons. The molecule has 0 fully saturated rings. The number of aliphatic carboxylic acids is 1. The van der Waals surface area contributed by atoms with E-state index in [9.17, 15) is 14.4 Å². The summed E-state index contributed by atoms with van der Waals surface area (Å²) in [5.41, 5.74) is 6.32. The molecule has 7 nitrogen and oxygen atoms in total. The third-order valence-electron chi connectivity index (χ3n) is 2.30. The van der Waals surface area contributed by atoms with Gasteiger partial charge in [-0.25, -0.2) is 4.79 Å². The molecule has 0 spiro atoms. The summed E-state index contributed by atoms with van der Waals surface area (Å²) >= 11 is 0. The molecule has 0 aliphatic rings. The van der Waals surface area contributed by atoms with Gasteiger partial charge in [-0.2, -0.15) is 0 Å². The van der Waals surface area contributed by atoms with Gasteiger partial charge in [0.2, 0.25) is 5.91 Å². The molecule has 1 rings (SSSR count). The highest BCUT2D eigenvalue weighted by Gasteiger charge is 2.18. The molecule has 19 heavy (non-hydrogen) atoms. The molecular weight excluding hydrogens is 250 g/mol. The Morgan fingerprint density at radius 2 is 1.84 bits per heavy atom. The van der Waals surface area contributed by atoms with Gasteiger partial charge >= 0.3 is 12.0 Å². The van der Waals surface area contributed by atoms with Crippen LogP contribution in [0.4, 0.5) is 10.5 Å². The lowest BCUT2D eigenvalue weighted by atomic mass is 10.2. The number of hydrogen-bond donors (Lipinski definition) is 3. The molecule has 3 amide bonds. The van der Waals surface area contributed by atoms with Crippen LogP contribution in [0.25, 0.3) is 0 Å². The Labute approximate surface area is 110 Å². The summed E-state index contributed by atoms with van der Waals surface area (Å²) in [6, 6.07) is 6.08. The molecule has 0 atom stereocenters. The van der Waals surface area contributed by atoms with Gasteiger partial charge < -0.3 is 16.2 Å². The number of carboxylic acid groups (broad SMARTS) is 1. The molecule has 4 N–H and O–H groups in total. The highest BCUT2D eigenvalue weighted by Crippen LogP contribution is 2.15. The minimum atomic E-state index is -1.16. The second-order valence-corrected chi connectivity index (χ2v) is 3.94. The fourth-order valence-corrected chi connectivity index (χ4v) is 1.40. The third kappa shape index (κ3) is 4.66. The normalized spacial score (nSPS) is 9.74. The van der Waals surface area contributed by atoms with Gasteiger partial charge in [-0.1, -0.05) is 17.7 Å². The fraction of sp³-hybridized carbons (Fsp3) is 0.250. The van der Waals surface area contributed by atoms with Crippen molar-refractivity contribution in [2.24, 2.45) is 5.73 Å². The van der Waals surface area contributed by atoms with Crippen LogP contribution in [0.1, 0.15) is 5.56 Å². The van der Waals surface area contributed by atoms with Crippen LogP contribution in [0.3, 0.4) is 0 Å². The zero-order valence-electron chi connectivity index (χ0n) is 10.4. The highest BCUT2D eigenvalue weighted by molar-refractivity contribution is 5.97. The third-order valence-corrected chi connectivity index (χ3v) is 2.30. The van der Waals surface area contributed by atoms with Crippen molar-refractivity contribution in [3.05, 3.63) is 29.8 Å². The average Bonchev–Trinajstić information content (AvgIpc) is 2.34. The first kappa shape index (κ1) is 14.5. The van der Waals surface area contributed by atoms with Crippen molar-refractivity contribution in [1.29, 1.82) is 0 Å². The number of benzene rings is 1. The fourth-order valence-electron chi connectivity index (χ4n) is 1.40. The summed E-state index contributed by atoms with van der Waals surface area (Å²) in [4.78, 5) is 34.2. The number of primary amides is 1. The van der Waals surface area contributed by atoms with Crippen LogP contribution < -0.4 is 16.0 Å². The van der Waals surface area contributed by atoms with Crippen LogP contribution >= 0.6 is 0 Å². The summed E-state index contributed by atoms with van der Waals surface area (Å²) in [5.74, 6) is -1.86. The van der Waals surface area contributed by atoms with Gasteiger partial charge in [-0.15, -0.1) is 0 Å². The Morgan fingerprint density at radius 3 is 2.32 bits per heavy atom. The predicted octanol–water partition coefficient (Wildman–Crippen LogP) is 0.0809. The van der Waals surface area contributed by atoms with Crippen LogP contribution in [0.15, 0.2) is 24.3 Å². The Balaban J connectivity index is 2.87. The van der Waals surface area contributed by atoms with Crippen LogP contribution in [-0.4, -0.2) is 36.1 Å². The first-order chi connectivity index (χ1) is 8.90. The maximum Gasteiger partial charge on any atom is 0.323 e. The lowest BCUT2D eigenvalue weighted by molar-refractivity contribution is -0.135. The standard InChI is InChI=1S/C12H15N3O4/c1-8-2-4-9(5-3-8)15(7-11(17)18)12(19)14-6-10(13)16/h2-5H,6-7H2,1H3,(H2,13,16)(H,14,19)(H,17,18). The second kappa shape index (κ2) is 6.39. The van der Waals surface area contributed by atoms with Crippen LogP contribution in [-0.2, 0) is 9.59 Å². The quantitative estimate of drug-likeness (QED) is 0.699. The number of urea groups is 1. The van der Waals surface area contributed by atoms with Crippen LogP contribution in [0.5, 0.6) is 0 Å². The van der Waals surface area contributed by atoms with Crippen LogP contribution in [0, 0.1) is 6.92 Å². The molecule has 0 heterocycles. The number of aryl methyl sites for hydroxylation is 1. The van der Waals surface area contributed by atoms with E-state index in [0.29, 0.717) is 5.69 Å². The van der Waals surface area contributed by atoms with Crippen molar-refractivity contribution in [1.82, 2.24) is 5.32 Å². The number of carboxylic acids is 1. The molecule has 0 aliphatic heterocycles. The molecule has 0 saturated heterocycles. The van der Waals surface area contributed by atoms with E-state index in [1.165, 1.54) is 0 Å². The van der Waals surface area contributed by atoms with E-state index in [2.05, 4.69) is 5.32 Å². The van der Waals surface area contributed by atoms with Crippen molar-refractivity contribution < 1.29 is 19.5 Å². The number of nitrogens with two attached hydrogens (primary N) is 1. The van der Waals surface area contributed by atoms with E-state index in [4.69, 9.17) is 10.8 Å². The molecule has 1 aromatic rings. The van der Waals surface area contributed by atoms with Crippen LogP contribution in [0.2, 0.25) is 0 Å². The van der Waals surface area contributed by atoms with Gasteiger partial charge in [-0.05, 0) is 19.1 Å². The monoisotopic (exact) mass is 265 g/mol. The minimum Gasteiger partial charge on any atom is -0.480 e. The largest absolute Gasteiger partial charge is 0.480 e. The molecule has 7 heteroatoms. The summed E-state index contributed by atoms with van der Waals surface area (Å²) < 4.78 is 0. The lowest BCUT2D eigenvalue weighted by Crippen LogP contribution is -2.45. The number of carbonyl (C=O) groups is 3. The predicted molar refractivity (Wildman–Crippen MR) is 68.8 cm³/mol. The van der Waals surface area contributed by atoms with E-state index in [1.807, 2.05) is 6.92 Å². The molecule has 0 saturated carbocycles. The minimum absolute atomic E-state index is 0.346. The maximum absolute atomic E-state index is 11.8. The van der Waals surface area contributed by atoms with Crippen molar-refractivity contribution in [3.63, 3.8) is 0 Å². The number of nitrogens with one attached hydrogen (secondary N) is 1. The molecule has 102 valence electrons. The van der Waals surface area contributed by atoms with Crippen molar-refractivity contribution in [2.45, 2.75) is 6.92 Å². The van der Waals surface area contributed by atoms with E-state index in [-0.39, 0.29) is 6.54 Å². The highest BCUT2D eigenvalue weighted by atomic mass is 16.4. The van der Waals surface area contributed by atoms with Gasteiger partial charge in [0.1, 0.15) is 6.54 Å². The molecule has 1 aromatic carbocycles. The van der Waals surface area contributed by atoms with Crippen molar-refractivity contribution >= 4 is 23.6 Å². The Hall–Kier alpha value is -2.57. The second-order valence-electron chi connectivity index (χ2n) is 3.94. The van der Waals surface area contributed by atoms with Gasteiger partial charge in [0.05, 0.1) is 6.54 Å². The van der Waals surface area contributed by atoms with Gasteiger partial charge in [0.25, 0.3) is 0 Å². The summed E-state index contributed by atoms with van der Waals surface area (Å²) in [7, 11) is 0. The van der Waals surface area contributed by atoms with E-state index >= 15 is 0 Å². The Bertz CT molecular complexity index is 484. The zero-order chi connectivity index (χ0) is 14.4. The van der Waals surface area contributed by atoms with E-state index in [1.54, 1.807) is 24.3 Å². The zero-order valence-corrected chi connectivity index (χ0v) is 10.4. The number of anilines is 1. The SMILES string of the molecule is Cc1ccc(N(CC(=O)O)C(=O)NCC(N)=O)cc1. The topological polar surface area (TPSA) is 113 Å². The summed E-state index contributed by atoms with van der Waals surface area (Å²) in [6.07, 6.45) is 0. The molecular formula is C12H15N3O4. The molecule has 0 aliphatic carbocycles. The first-order valence-corrected chi connectivity index (χ1v) is 5.52. The summed E-state index contributed by atoms with van der Waals surface area (Å²) in [6.45, 7) is 1.02. The summed E-state index contributed by atoms with van der Waals surface area (Å²) in [5, 5.41) is 11.1. The molecule has 0 aromatic heterocycles. The van der Waals surface area contributed by atoms with Gasteiger partial charge in [0.15, 0.2) is 0 Å². The smallest absolute Gasteiger partial charge is 0.323 e.